The second kappa shape index (κ2) is 4.72. The summed E-state index contributed by atoms with van der Waals surface area (Å²) in [6, 6.07) is -0.0673. The van der Waals surface area contributed by atoms with Crippen molar-refractivity contribution in [2.45, 2.75) is 38.8 Å². The summed E-state index contributed by atoms with van der Waals surface area (Å²) in [5, 5.41) is 0. The number of likely N-dealkylation sites (tertiary alicyclic amines) is 1. The van der Waals surface area contributed by atoms with Gasteiger partial charge in [0.05, 0.1) is 18.2 Å². The molecule has 0 amide bonds. The first kappa shape index (κ1) is 13.1. The summed E-state index contributed by atoms with van der Waals surface area (Å²) in [5.41, 5.74) is -0.454. The number of esters is 1. The van der Waals surface area contributed by atoms with E-state index in [1.807, 2.05) is 27.8 Å². The van der Waals surface area contributed by atoms with Gasteiger partial charge < -0.3 is 9.15 Å². The topological polar surface area (TPSA) is 55.6 Å². The molecule has 1 aromatic heterocycles. The van der Waals surface area contributed by atoms with Crippen LogP contribution in [-0.4, -0.2) is 35.0 Å². The number of carbonyl (C=O) groups excluding carboxylic acids is 1. The van der Waals surface area contributed by atoms with Gasteiger partial charge in [0.15, 0.2) is 6.39 Å². The van der Waals surface area contributed by atoms with E-state index in [1.54, 1.807) is 6.20 Å². The molecule has 0 aromatic carbocycles. The lowest BCUT2D eigenvalue weighted by Gasteiger charge is -2.25. The second-order valence-electron chi connectivity index (χ2n) is 5.76. The summed E-state index contributed by atoms with van der Waals surface area (Å²) < 4.78 is 10.8. The predicted molar refractivity (Wildman–Crippen MR) is 65.8 cm³/mol. The fourth-order valence-electron chi connectivity index (χ4n) is 2.36. The predicted octanol–water partition coefficient (Wildman–Crippen LogP) is 2.01. The lowest BCUT2D eigenvalue weighted by molar-refractivity contribution is -0.161. The van der Waals surface area contributed by atoms with Gasteiger partial charge in [0.2, 0.25) is 0 Å². The van der Waals surface area contributed by atoms with Gasteiger partial charge in [-0.15, -0.1) is 0 Å². The maximum Gasteiger partial charge on any atom is 0.311 e. The quantitative estimate of drug-likeness (QED) is 0.754. The first-order valence-electron chi connectivity index (χ1n) is 6.20. The Hall–Kier alpha value is -1.36. The van der Waals surface area contributed by atoms with Gasteiger partial charge >= 0.3 is 5.97 Å². The molecule has 2 heterocycles. The van der Waals surface area contributed by atoms with Crippen LogP contribution in [0.3, 0.4) is 0 Å². The van der Waals surface area contributed by atoms with E-state index in [1.165, 1.54) is 6.39 Å². The van der Waals surface area contributed by atoms with Gasteiger partial charge in [-0.05, 0) is 40.8 Å². The molecule has 1 aliphatic heterocycles. The average Bonchev–Trinajstić information content (AvgIpc) is 2.82. The molecule has 18 heavy (non-hydrogen) atoms. The third-order valence-electron chi connectivity index (χ3n) is 3.10. The van der Waals surface area contributed by atoms with Crippen molar-refractivity contribution in [1.29, 1.82) is 0 Å². The molecule has 1 aliphatic rings. The molecule has 5 nitrogen and oxygen atoms in total. The minimum Gasteiger partial charge on any atom is -0.460 e. The maximum atomic E-state index is 12.2. The lowest BCUT2D eigenvalue weighted by Crippen LogP contribution is -2.32. The number of ether oxygens (including phenoxy) is 1. The average molecular weight is 252 g/mol. The largest absolute Gasteiger partial charge is 0.460 e. The molecule has 2 rings (SSSR count). The normalized spacial score (nSPS) is 25.3. The first-order valence-corrected chi connectivity index (χ1v) is 6.20. The van der Waals surface area contributed by atoms with E-state index in [2.05, 4.69) is 9.88 Å². The maximum absolute atomic E-state index is 12.2. The van der Waals surface area contributed by atoms with Crippen molar-refractivity contribution in [3.63, 3.8) is 0 Å². The minimum absolute atomic E-state index is 0.0673. The molecular weight excluding hydrogens is 232 g/mol. The Morgan fingerprint density at radius 1 is 1.56 bits per heavy atom. The molecule has 0 aliphatic carbocycles. The molecule has 0 spiro atoms. The number of hydrogen-bond donors (Lipinski definition) is 0. The Morgan fingerprint density at radius 2 is 2.28 bits per heavy atom. The Kier molecular flexibility index (Phi) is 3.43. The number of hydrogen-bond acceptors (Lipinski definition) is 5. The SMILES string of the molecule is CN1CCC(C(=O)OC(C)(C)C)C1c1cnco1. The number of oxazole rings is 1. The fraction of sp³-hybridized carbons (Fsp3) is 0.692. The Bertz CT molecular complexity index is 408. The van der Waals surface area contributed by atoms with Crippen molar-refractivity contribution in [2.75, 3.05) is 13.6 Å². The number of nitrogens with zero attached hydrogens (tertiary/aromatic N) is 2. The summed E-state index contributed by atoms with van der Waals surface area (Å²) in [5.74, 6) is 0.390. The first-order chi connectivity index (χ1) is 8.38. The number of carbonyl (C=O) groups is 1. The molecule has 0 saturated carbocycles. The van der Waals surface area contributed by atoms with Crippen molar-refractivity contribution in [3.05, 3.63) is 18.4 Å². The summed E-state index contributed by atoms with van der Waals surface area (Å²) in [4.78, 5) is 18.2. The third kappa shape index (κ3) is 2.72. The molecule has 5 heteroatoms. The summed E-state index contributed by atoms with van der Waals surface area (Å²) in [7, 11) is 1.98. The van der Waals surface area contributed by atoms with E-state index in [0.717, 1.165) is 18.7 Å². The summed E-state index contributed by atoms with van der Waals surface area (Å²) >= 11 is 0. The molecule has 1 fully saturated rings. The van der Waals surface area contributed by atoms with E-state index in [0.29, 0.717) is 0 Å². The van der Waals surface area contributed by atoms with Gasteiger partial charge in [-0.2, -0.15) is 0 Å². The zero-order valence-electron chi connectivity index (χ0n) is 11.3. The molecule has 2 atom stereocenters. The van der Waals surface area contributed by atoms with Crippen LogP contribution in [0.2, 0.25) is 0 Å². The minimum atomic E-state index is -0.454. The Morgan fingerprint density at radius 3 is 2.83 bits per heavy atom. The van der Waals surface area contributed by atoms with Gasteiger partial charge in [-0.3, -0.25) is 9.69 Å². The fourth-order valence-corrected chi connectivity index (χ4v) is 2.36. The van der Waals surface area contributed by atoms with E-state index >= 15 is 0 Å². The van der Waals surface area contributed by atoms with Crippen molar-refractivity contribution < 1.29 is 13.9 Å². The van der Waals surface area contributed by atoms with Crippen molar-refractivity contribution in [1.82, 2.24) is 9.88 Å². The number of aromatic nitrogens is 1. The highest BCUT2D eigenvalue weighted by Crippen LogP contribution is 2.37. The van der Waals surface area contributed by atoms with Crippen LogP contribution in [0, 0.1) is 5.92 Å². The molecule has 100 valence electrons. The van der Waals surface area contributed by atoms with Gasteiger partial charge in [-0.1, -0.05) is 0 Å². The van der Waals surface area contributed by atoms with Crippen LogP contribution in [0.25, 0.3) is 0 Å². The van der Waals surface area contributed by atoms with Crippen LogP contribution in [0.4, 0.5) is 0 Å². The highest BCUT2D eigenvalue weighted by atomic mass is 16.6. The van der Waals surface area contributed by atoms with Crippen LogP contribution in [-0.2, 0) is 9.53 Å². The molecule has 1 aromatic rings. The zero-order valence-corrected chi connectivity index (χ0v) is 11.3. The zero-order chi connectivity index (χ0) is 13.3. The standard InChI is InChI=1S/C13H20N2O3/c1-13(2,3)18-12(16)9-5-6-15(4)11(9)10-7-14-8-17-10/h7-9,11H,5-6H2,1-4H3. The lowest BCUT2D eigenvalue weighted by atomic mass is 9.98. The van der Waals surface area contributed by atoms with Crippen molar-refractivity contribution >= 4 is 5.97 Å². The van der Waals surface area contributed by atoms with E-state index < -0.39 is 5.60 Å². The molecular formula is C13H20N2O3. The second-order valence-corrected chi connectivity index (χ2v) is 5.76. The van der Waals surface area contributed by atoms with Gasteiger partial charge in [0, 0.05) is 0 Å². The van der Waals surface area contributed by atoms with Crippen molar-refractivity contribution in [3.8, 4) is 0 Å². The van der Waals surface area contributed by atoms with E-state index in [9.17, 15) is 4.79 Å². The van der Waals surface area contributed by atoms with Crippen molar-refractivity contribution in [2.24, 2.45) is 5.92 Å². The Labute approximate surface area is 107 Å². The van der Waals surface area contributed by atoms with E-state index in [4.69, 9.17) is 9.15 Å². The number of rotatable bonds is 2. The molecule has 1 saturated heterocycles. The van der Waals surface area contributed by atoms with Crippen LogP contribution in [0.5, 0.6) is 0 Å². The third-order valence-corrected chi connectivity index (χ3v) is 3.10. The monoisotopic (exact) mass is 252 g/mol. The summed E-state index contributed by atoms with van der Waals surface area (Å²) in [6.07, 6.45) is 3.86. The smallest absolute Gasteiger partial charge is 0.311 e. The van der Waals surface area contributed by atoms with Crippen LogP contribution in [0.15, 0.2) is 17.0 Å². The Balaban J connectivity index is 2.15. The molecule has 0 radical (unpaired) electrons. The highest BCUT2D eigenvalue weighted by molar-refractivity contribution is 5.74. The van der Waals surface area contributed by atoms with E-state index in [-0.39, 0.29) is 17.9 Å². The molecule has 2 unspecified atom stereocenters. The van der Waals surface area contributed by atoms with Crippen LogP contribution >= 0.6 is 0 Å². The molecule has 0 bridgehead atoms. The van der Waals surface area contributed by atoms with Gasteiger partial charge in [0.25, 0.3) is 0 Å². The van der Waals surface area contributed by atoms with Crippen LogP contribution in [0.1, 0.15) is 39.0 Å². The van der Waals surface area contributed by atoms with Gasteiger partial charge in [-0.25, -0.2) is 4.98 Å². The van der Waals surface area contributed by atoms with Gasteiger partial charge in [0.1, 0.15) is 11.4 Å². The highest BCUT2D eigenvalue weighted by Gasteiger charge is 2.41. The summed E-state index contributed by atoms with van der Waals surface area (Å²) in [6.45, 7) is 6.50. The van der Waals surface area contributed by atoms with Crippen LogP contribution < -0.4 is 0 Å². The molecule has 0 N–H and O–H groups in total.